The van der Waals surface area contributed by atoms with Gasteiger partial charge in [0.2, 0.25) is 11.8 Å². The first kappa shape index (κ1) is 32.0. The molecule has 0 spiro atoms. The Morgan fingerprint density at radius 2 is 1.54 bits per heavy atom. The maximum Gasteiger partial charge on any atom is 0.264 e. The van der Waals surface area contributed by atoms with Crippen molar-refractivity contribution in [2.24, 2.45) is 0 Å². The lowest BCUT2D eigenvalue weighted by molar-refractivity contribution is -0.141. The van der Waals surface area contributed by atoms with Gasteiger partial charge in [-0.25, -0.2) is 8.42 Å². The molecule has 0 radical (unpaired) electrons. The van der Waals surface area contributed by atoms with Gasteiger partial charge in [0.05, 0.1) is 17.7 Å². The minimum absolute atomic E-state index is 0.0464. The van der Waals surface area contributed by atoms with Crippen LogP contribution in [0, 0.1) is 6.92 Å². The van der Waals surface area contributed by atoms with Crippen molar-refractivity contribution in [1.82, 2.24) is 10.2 Å². The molecule has 0 aliphatic heterocycles. The highest BCUT2D eigenvalue weighted by Gasteiger charge is 2.34. The van der Waals surface area contributed by atoms with Gasteiger partial charge in [0.15, 0.2) is 0 Å². The summed E-state index contributed by atoms with van der Waals surface area (Å²) in [4.78, 5) is 29.0. The third-order valence-corrected chi connectivity index (χ3v) is 8.44. The lowest BCUT2D eigenvalue weighted by Gasteiger charge is -2.34. The van der Waals surface area contributed by atoms with Gasteiger partial charge in [-0.2, -0.15) is 0 Å². The number of aryl methyl sites for hydroxylation is 1. The number of benzene rings is 3. The summed E-state index contributed by atoms with van der Waals surface area (Å²) in [6, 6.07) is 19.0. The number of anilines is 1. The van der Waals surface area contributed by atoms with Crippen LogP contribution in [0.3, 0.4) is 0 Å². The molecule has 0 aliphatic rings. The molecule has 1 N–H and O–H groups in total. The molecule has 0 bridgehead atoms. The Balaban J connectivity index is 2.06. The Hall–Kier alpha value is -3.56. The fourth-order valence-electron chi connectivity index (χ4n) is 4.27. The largest absolute Gasteiger partial charge is 0.497 e. The van der Waals surface area contributed by atoms with E-state index in [0.29, 0.717) is 17.2 Å². The minimum Gasteiger partial charge on any atom is -0.497 e. The molecule has 41 heavy (non-hydrogen) atoms. The first-order valence-corrected chi connectivity index (χ1v) is 15.2. The summed E-state index contributed by atoms with van der Waals surface area (Å²) in [7, 11) is -2.59. The second-order valence-corrected chi connectivity index (χ2v) is 13.1. The number of methoxy groups -OCH3 is 1. The van der Waals surface area contributed by atoms with Gasteiger partial charge in [-0.05, 0) is 88.2 Å². The highest BCUT2D eigenvalue weighted by atomic mass is 35.5. The first-order valence-electron chi connectivity index (χ1n) is 13.3. The van der Waals surface area contributed by atoms with Gasteiger partial charge >= 0.3 is 0 Å². The number of hydrogen-bond donors (Lipinski definition) is 1. The van der Waals surface area contributed by atoms with Crippen molar-refractivity contribution in [1.29, 1.82) is 0 Å². The molecular formula is C31H38ClN3O5S. The van der Waals surface area contributed by atoms with Gasteiger partial charge in [0.25, 0.3) is 10.0 Å². The number of halogens is 1. The maximum absolute atomic E-state index is 14.1. The fraction of sp³-hybridized carbons (Fsp3) is 0.355. The normalized spacial score (nSPS) is 12.4. The average molecular weight is 600 g/mol. The molecule has 8 nitrogen and oxygen atoms in total. The van der Waals surface area contributed by atoms with Crippen LogP contribution in [0.4, 0.5) is 5.69 Å². The summed E-state index contributed by atoms with van der Waals surface area (Å²) in [5.74, 6) is -0.189. The van der Waals surface area contributed by atoms with E-state index in [1.807, 2.05) is 46.8 Å². The SMILES string of the molecule is CC[C@H](C(=O)NC(C)(C)C)N(Cc1ccc(OC)cc1)C(=O)CN(c1ccc(Cl)cc1)S(=O)(=O)c1ccc(C)cc1. The zero-order valence-electron chi connectivity index (χ0n) is 24.3. The van der Waals surface area contributed by atoms with Gasteiger partial charge < -0.3 is 15.0 Å². The molecule has 220 valence electrons. The van der Waals surface area contributed by atoms with Crippen molar-refractivity contribution in [3.05, 3.63) is 88.9 Å². The third kappa shape index (κ3) is 8.47. The third-order valence-electron chi connectivity index (χ3n) is 6.40. The predicted octanol–water partition coefficient (Wildman–Crippen LogP) is 5.57. The van der Waals surface area contributed by atoms with E-state index >= 15 is 0 Å². The van der Waals surface area contributed by atoms with Crippen molar-refractivity contribution in [3.8, 4) is 5.75 Å². The zero-order chi connectivity index (χ0) is 30.4. The van der Waals surface area contributed by atoms with Crippen LogP contribution in [0.2, 0.25) is 5.02 Å². The topological polar surface area (TPSA) is 96.0 Å². The lowest BCUT2D eigenvalue weighted by Crippen LogP contribution is -2.55. The highest BCUT2D eigenvalue weighted by Crippen LogP contribution is 2.27. The number of hydrogen-bond acceptors (Lipinski definition) is 5. The van der Waals surface area contributed by atoms with Gasteiger partial charge in [-0.1, -0.05) is 48.4 Å². The molecular weight excluding hydrogens is 562 g/mol. The van der Waals surface area contributed by atoms with E-state index in [9.17, 15) is 18.0 Å². The van der Waals surface area contributed by atoms with E-state index in [1.165, 1.54) is 17.0 Å². The molecule has 0 heterocycles. The molecule has 0 saturated carbocycles. The molecule has 3 aromatic carbocycles. The quantitative estimate of drug-likeness (QED) is 0.311. The molecule has 0 unspecified atom stereocenters. The van der Waals surface area contributed by atoms with Crippen molar-refractivity contribution >= 4 is 39.1 Å². The number of carbonyl (C=O) groups is 2. The van der Waals surface area contributed by atoms with Gasteiger partial charge in [0.1, 0.15) is 18.3 Å². The van der Waals surface area contributed by atoms with Gasteiger partial charge in [0, 0.05) is 17.1 Å². The molecule has 3 rings (SSSR count). The summed E-state index contributed by atoms with van der Waals surface area (Å²) < 4.78 is 34.1. The first-order chi connectivity index (χ1) is 19.2. The van der Waals surface area contributed by atoms with Crippen LogP contribution >= 0.6 is 11.6 Å². The number of nitrogens with zero attached hydrogens (tertiary/aromatic N) is 2. The number of amides is 2. The number of nitrogens with one attached hydrogen (secondary N) is 1. The van der Waals surface area contributed by atoms with Crippen LogP contribution in [-0.4, -0.2) is 50.4 Å². The minimum atomic E-state index is -4.15. The second-order valence-electron chi connectivity index (χ2n) is 10.8. The Bertz CT molecular complexity index is 1440. The van der Waals surface area contributed by atoms with E-state index in [0.717, 1.165) is 15.4 Å². The van der Waals surface area contributed by atoms with Crippen LogP contribution in [-0.2, 0) is 26.2 Å². The Morgan fingerprint density at radius 3 is 2.05 bits per heavy atom. The Morgan fingerprint density at radius 1 is 0.951 bits per heavy atom. The summed E-state index contributed by atoms with van der Waals surface area (Å²) in [5.41, 5.74) is 1.42. The molecule has 0 aromatic heterocycles. The molecule has 2 amide bonds. The molecule has 0 saturated heterocycles. The fourth-order valence-corrected chi connectivity index (χ4v) is 5.81. The van der Waals surface area contributed by atoms with Gasteiger partial charge in [-0.15, -0.1) is 0 Å². The van der Waals surface area contributed by atoms with Crippen LogP contribution < -0.4 is 14.4 Å². The number of sulfonamides is 1. The summed E-state index contributed by atoms with van der Waals surface area (Å²) in [6.45, 7) is 8.85. The molecule has 0 fully saturated rings. The summed E-state index contributed by atoms with van der Waals surface area (Å²) >= 11 is 6.08. The van der Waals surface area contributed by atoms with E-state index in [-0.39, 0.29) is 23.0 Å². The van der Waals surface area contributed by atoms with E-state index < -0.39 is 34.1 Å². The van der Waals surface area contributed by atoms with E-state index in [2.05, 4.69) is 5.32 Å². The summed E-state index contributed by atoms with van der Waals surface area (Å²) in [6.07, 6.45) is 0.329. The van der Waals surface area contributed by atoms with Gasteiger partial charge in [-0.3, -0.25) is 13.9 Å². The van der Waals surface area contributed by atoms with Crippen LogP contribution in [0.15, 0.2) is 77.7 Å². The van der Waals surface area contributed by atoms with Crippen molar-refractivity contribution in [3.63, 3.8) is 0 Å². The average Bonchev–Trinajstić information content (AvgIpc) is 2.91. The van der Waals surface area contributed by atoms with Crippen molar-refractivity contribution in [2.45, 2.75) is 64.1 Å². The monoisotopic (exact) mass is 599 g/mol. The van der Waals surface area contributed by atoms with Crippen LogP contribution in [0.25, 0.3) is 0 Å². The van der Waals surface area contributed by atoms with Crippen molar-refractivity contribution in [2.75, 3.05) is 18.0 Å². The molecule has 1 atom stereocenters. The molecule has 10 heteroatoms. The molecule has 0 aliphatic carbocycles. The smallest absolute Gasteiger partial charge is 0.264 e. The van der Waals surface area contributed by atoms with Crippen LogP contribution in [0.1, 0.15) is 45.2 Å². The Labute approximate surface area is 248 Å². The van der Waals surface area contributed by atoms with E-state index in [1.54, 1.807) is 55.6 Å². The number of carbonyl (C=O) groups excluding carboxylic acids is 2. The Kier molecular flexibility index (Phi) is 10.4. The lowest BCUT2D eigenvalue weighted by atomic mass is 10.1. The van der Waals surface area contributed by atoms with E-state index in [4.69, 9.17) is 16.3 Å². The number of ether oxygens (including phenoxy) is 1. The second kappa shape index (κ2) is 13.4. The van der Waals surface area contributed by atoms with Crippen LogP contribution in [0.5, 0.6) is 5.75 Å². The van der Waals surface area contributed by atoms with Crippen molar-refractivity contribution < 1.29 is 22.7 Å². The highest BCUT2D eigenvalue weighted by molar-refractivity contribution is 7.92. The zero-order valence-corrected chi connectivity index (χ0v) is 25.9. The molecule has 3 aromatic rings. The summed E-state index contributed by atoms with van der Waals surface area (Å²) in [5, 5.41) is 3.39. The standard InChI is InChI=1S/C31H38ClN3O5S/c1-7-28(30(37)33-31(3,4)5)34(20-23-10-16-26(40-6)17-11-23)29(36)21-35(25-14-12-24(32)13-15-25)41(38,39)27-18-8-22(2)9-19-27/h8-19,28H,7,20-21H2,1-6H3,(H,33,37)/t28-/m1/s1. The predicted molar refractivity (Wildman–Crippen MR) is 163 cm³/mol. The number of rotatable bonds is 11. The maximum atomic E-state index is 14.1.